The summed E-state index contributed by atoms with van der Waals surface area (Å²) in [5.74, 6) is -0.0568. The molecule has 0 N–H and O–H groups in total. The number of nitrogens with zero attached hydrogens (tertiary/aromatic N) is 3. The number of carbonyl (C=O) groups excluding carboxylic acids is 2. The Morgan fingerprint density at radius 2 is 1.33 bits per heavy atom. The van der Waals surface area contributed by atoms with Gasteiger partial charge in [0.2, 0.25) is 0 Å². The topological polar surface area (TPSA) is 90.9 Å². The summed E-state index contributed by atoms with van der Waals surface area (Å²) in [6.07, 6.45) is -1.88. The highest BCUT2D eigenvalue weighted by atomic mass is 35.5. The van der Waals surface area contributed by atoms with Gasteiger partial charge in [0.1, 0.15) is 16.9 Å². The van der Waals surface area contributed by atoms with Gasteiger partial charge in [-0.25, -0.2) is 9.59 Å². The molecule has 1 aromatic heterocycles. The van der Waals surface area contributed by atoms with E-state index < -0.39 is 23.4 Å². The van der Waals surface area contributed by atoms with E-state index in [0.717, 1.165) is 0 Å². The van der Waals surface area contributed by atoms with Crippen LogP contribution in [0.25, 0.3) is 0 Å². The molecule has 0 aliphatic heterocycles. The van der Waals surface area contributed by atoms with Crippen molar-refractivity contribution in [2.75, 3.05) is 12.0 Å². The van der Waals surface area contributed by atoms with Crippen LogP contribution in [-0.2, 0) is 9.47 Å². The predicted molar refractivity (Wildman–Crippen MR) is 105 cm³/mol. The lowest BCUT2D eigenvalue weighted by Gasteiger charge is -2.29. The Morgan fingerprint density at radius 1 is 0.926 bits per heavy atom. The van der Waals surface area contributed by atoms with Crippen molar-refractivity contribution in [1.82, 2.24) is 10.2 Å². The third kappa shape index (κ3) is 7.58. The van der Waals surface area contributed by atoms with Crippen LogP contribution in [0.1, 0.15) is 61.0 Å². The van der Waals surface area contributed by atoms with E-state index in [-0.39, 0.29) is 16.7 Å². The molecule has 9 heteroatoms. The number of ether oxygens (including phenoxy) is 3. The summed E-state index contributed by atoms with van der Waals surface area (Å²) < 4.78 is 15.8. The highest BCUT2D eigenvalue weighted by Crippen LogP contribution is 2.34. The number of anilines is 1. The van der Waals surface area contributed by atoms with Gasteiger partial charge in [0.05, 0.1) is 7.11 Å². The fourth-order valence-corrected chi connectivity index (χ4v) is 1.87. The minimum absolute atomic E-state index is 0.0194. The molecule has 0 aromatic carbocycles. The van der Waals surface area contributed by atoms with Gasteiger partial charge in [-0.1, -0.05) is 25.4 Å². The largest absolute Gasteiger partial charge is 0.478 e. The van der Waals surface area contributed by atoms with Crippen molar-refractivity contribution in [2.45, 2.75) is 73.5 Å². The van der Waals surface area contributed by atoms with E-state index in [4.69, 9.17) is 25.8 Å². The van der Waals surface area contributed by atoms with Crippen molar-refractivity contribution >= 4 is 29.5 Å². The first-order chi connectivity index (χ1) is 12.3. The van der Waals surface area contributed by atoms with Crippen molar-refractivity contribution in [1.29, 1.82) is 0 Å². The van der Waals surface area contributed by atoms with Crippen molar-refractivity contribution < 1.29 is 23.8 Å². The number of halogens is 1. The van der Waals surface area contributed by atoms with E-state index in [1.807, 2.05) is 13.8 Å². The summed E-state index contributed by atoms with van der Waals surface area (Å²) in [4.78, 5) is 26.1. The summed E-state index contributed by atoms with van der Waals surface area (Å²) >= 11 is 6.00. The molecule has 0 fully saturated rings. The van der Waals surface area contributed by atoms with E-state index >= 15 is 0 Å². The van der Waals surface area contributed by atoms with Crippen LogP contribution in [0.2, 0.25) is 5.15 Å². The Labute approximate surface area is 166 Å². The molecule has 1 heterocycles. The van der Waals surface area contributed by atoms with Crippen molar-refractivity contribution in [3.63, 3.8) is 0 Å². The molecule has 8 nitrogen and oxygen atoms in total. The summed E-state index contributed by atoms with van der Waals surface area (Å²) in [6.45, 7) is 15.7. The number of methoxy groups -OCH3 is 1. The van der Waals surface area contributed by atoms with Crippen molar-refractivity contribution in [3.8, 4) is 5.88 Å². The zero-order valence-corrected chi connectivity index (χ0v) is 18.5. The maximum Gasteiger partial charge on any atom is 0.424 e. The molecule has 0 atom stereocenters. The minimum Gasteiger partial charge on any atom is -0.478 e. The monoisotopic (exact) mass is 403 g/mol. The van der Waals surface area contributed by atoms with Gasteiger partial charge in [-0.2, -0.15) is 4.90 Å². The first-order valence-electron chi connectivity index (χ1n) is 8.59. The average molecular weight is 404 g/mol. The van der Waals surface area contributed by atoms with E-state index in [2.05, 4.69) is 10.2 Å². The highest BCUT2D eigenvalue weighted by molar-refractivity contribution is 6.30. The van der Waals surface area contributed by atoms with Crippen LogP contribution < -0.4 is 9.64 Å². The molecule has 27 heavy (non-hydrogen) atoms. The lowest BCUT2D eigenvalue weighted by Crippen LogP contribution is -2.44. The SMILES string of the molecule is CC.COc1nnc(Cl)c(C)c1N(C(=O)OC(C)(C)C)C(=O)OC(C)(C)C. The van der Waals surface area contributed by atoms with Crippen LogP contribution in [0, 0.1) is 6.92 Å². The smallest absolute Gasteiger partial charge is 0.424 e. The van der Waals surface area contributed by atoms with E-state index in [1.165, 1.54) is 7.11 Å². The summed E-state index contributed by atoms with van der Waals surface area (Å²) in [5.41, 5.74) is -1.32. The molecule has 0 aliphatic rings. The molecule has 0 bridgehead atoms. The van der Waals surface area contributed by atoms with Gasteiger partial charge in [0.15, 0.2) is 5.15 Å². The van der Waals surface area contributed by atoms with Crippen LogP contribution in [0.15, 0.2) is 0 Å². The van der Waals surface area contributed by atoms with Crippen LogP contribution >= 0.6 is 11.6 Å². The fraction of sp³-hybridized carbons (Fsp3) is 0.667. The average Bonchev–Trinajstić information content (AvgIpc) is 2.50. The molecular formula is C18H30ClN3O5. The van der Waals surface area contributed by atoms with Gasteiger partial charge in [-0.3, -0.25) is 0 Å². The highest BCUT2D eigenvalue weighted by Gasteiger charge is 2.36. The Hall–Kier alpha value is -2.09. The number of carbonyl (C=O) groups is 2. The number of imide groups is 1. The number of aromatic nitrogens is 2. The van der Waals surface area contributed by atoms with Crippen molar-refractivity contribution in [2.24, 2.45) is 0 Å². The number of rotatable bonds is 2. The Morgan fingerprint density at radius 3 is 1.67 bits per heavy atom. The van der Waals surface area contributed by atoms with E-state index in [1.54, 1.807) is 48.5 Å². The van der Waals surface area contributed by atoms with Crippen LogP contribution in [0.3, 0.4) is 0 Å². The molecule has 0 unspecified atom stereocenters. The minimum atomic E-state index is -0.938. The van der Waals surface area contributed by atoms with Crippen LogP contribution in [-0.4, -0.2) is 40.7 Å². The molecule has 0 radical (unpaired) electrons. The molecule has 1 aromatic rings. The zero-order valence-electron chi connectivity index (χ0n) is 17.8. The van der Waals surface area contributed by atoms with Crippen LogP contribution in [0.5, 0.6) is 5.88 Å². The summed E-state index contributed by atoms with van der Waals surface area (Å²) in [5, 5.41) is 7.52. The molecule has 154 valence electrons. The van der Waals surface area contributed by atoms with E-state index in [0.29, 0.717) is 10.5 Å². The zero-order chi connectivity index (χ0) is 21.6. The first kappa shape index (κ1) is 24.9. The molecule has 1 rings (SSSR count). The van der Waals surface area contributed by atoms with Gasteiger partial charge in [-0.15, -0.1) is 10.2 Å². The second-order valence-electron chi connectivity index (χ2n) is 7.27. The lowest BCUT2D eigenvalue weighted by molar-refractivity contribution is 0.0428. The predicted octanol–water partition coefficient (Wildman–Crippen LogP) is 5.15. The number of amides is 2. The van der Waals surface area contributed by atoms with Gasteiger partial charge >= 0.3 is 12.2 Å². The Balaban J connectivity index is 0.00000326. The Kier molecular flexibility index (Phi) is 8.98. The molecule has 0 saturated heterocycles. The van der Waals surface area contributed by atoms with Gasteiger partial charge in [0, 0.05) is 5.56 Å². The first-order valence-corrected chi connectivity index (χ1v) is 8.97. The summed E-state index contributed by atoms with van der Waals surface area (Å²) in [6, 6.07) is 0. The fourth-order valence-electron chi connectivity index (χ4n) is 1.74. The normalized spacial score (nSPS) is 11.1. The summed E-state index contributed by atoms with van der Waals surface area (Å²) in [7, 11) is 1.34. The maximum atomic E-state index is 12.7. The van der Waals surface area contributed by atoms with Gasteiger partial charge in [-0.05, 0) is 48.5 Å². The quantitative estimate of drug-likeness (QED) is 0.674. The second-order valence-corrected chi connectivity index (χ2v) is 7.63. The van der Waals surface area contributed by atoms with Gasteiger partial charge in [0.25, 0.3) is 5.88 Å². The second kappa shape index (κ2) is 9.73. The molecule has 2 amide bonds. The van der Waals surface area contributed by atoms with E-state index in [9.17, 15) is 9.59 Å². The number of hydrogen-bond donors (Lipinski definition) is 0. The number of hydrogen-bond acceptors (Lipinski definition) is 7. The Bertz CT molecular complexity index is 638. The lowest BCUT2D eigenvalue weighted by atomic mass is 10.2. The standard InChI is InChI=1S/C16H24ClN3O5.C2H6/c1-9-10(12(23-8)19-18-11(9)17)20(13(21)24-15(2,3)4)14(22)25-16(5,6)7;1-2/h1-8H3;1-2H3. The van der Waals surface area contributed by atoms with Crippen LogP contribution in [0.4, 0.5) is 15.3 Å². The third-order valence-corrected chi connectivity index (χ3v) is 3.02. The maximum absolute atomic E-state index is 12.7. The van der Waals surface area contributed by atoms with Gasteiger partial charge < -0.3 is 14.2 Å². The third-order valence-electron chi connectivity index (χ3n) is 2.66. The molecule has 0 aliphatic carbocycles. The van der Waals surface area contributed by atoms with Crippen molar-refractivity contribution in [3.05, 3.63) is 10.7 Å². The molecule has 0 spiro atoms. The molecular weight excluding hydrogens is 374 g/mol. The molecule has 0 saturated carbocycles.